The third kappa shape index (κ3) is 2.96. The van der Waals surface area contributed by atoms with E-state index >= 15 is 0 Å². The molecule has 1 saturated heterocycles. The van der Waals surface area contributed by atoms with Gasteiger partial charge in [-0.3, -0.25) is 4.79 Å². The number of thioether (sulfide) groups is 1. The Bertz CT molecular complexity index is 972. The zero-order valence-electron chi connectivity index (χ0n) is 12.8. The standard InChI is InChI=1S/C20H14N2OS/c23-19-18(13-14-7-2-1-3-8-14)24-20(22-19)21-17-12-6-10-15-9-4-5-11-16(15)17/h1-13H,(H,21,22,23)/b18-13-. The molecule has 0 bridgehead atoms. The molecule has 0 aliphatic carbocycles. The summed E-state index contributed by atoms with van der Waals surface area (Å²) in [5, 5.41) is 5.66. The first kappa shape index (κ1) is 14.7. The van der Waals surface area contributed by atoms with Crippen molar-refractivity contribution in [2.75, 3.05) is 0 Å². The monoisotopic (exact) mass is 330 g/mol. The fraction of sp³-hybridized carbons (Fsp3) is 0. The van der Waals surface area contributed by atoms with E-state index in [1.165, 1.54) is 11.8 Å². The first-order chi connectivity index (χ1) is 11.8. The summed E-state index contributed by atoms with van der Waals surface area (Å²) in [6, 6.07) is 23.9. The van der Waals surface area contributed by atoms with E-state index in [1.54, 1.807) is 0 Å². The van der Waals surface area contributed by atoms with Crippen LogP contribution in [0.25, 0.3) is 16.8 Å². The van der Waals surface area contributed by atoms with Crippen LogP contribution in [-0.4, -0.2) is 11.1 Å². The lowest BCUT2D eigenvalue weighted by atomic mass is 10.1. The molecule has 0 saturated carbocycles. The van der Waals surface area contributed by atoms with Crippen LogP contribution in [0.3, 0.4) is 0 Å². The smallest absolute Gasteiger partial charge is 0.264 e. The van der Waals surface area contributed by atoms with Crippen LogP contribution in [0.1, 0.15) is 5.56 Å². The van der Waals surface area contributed by atoms with Gasteiger partial charge in [-0.1, -0.05) is 66.7 Å². The maximum Gasteiger partial charge on any atom is 0.264 e. The minimum atomic E-state index is -0.108. The van der Waals surface area contributed by atoms with Gasteiger partial charge in [-0.25, -0.2) is 4.99 Å². The van der Waals surface area contributed by atoms with Crippen LogP contribution in [0.15, 0.2) is 82.7 Å². The number of fused-ring (bicyclic) bond motifs is 1. The number of amides is 1. The number of nitrogens with one attached hydrogen (secondary N) is 1. The highest BCUT2D eigenvalue weighted by Crippen LogP contribution is 2.31. The molecular formula is C20H14N2OS. The Morgan fingerprint density at radius 3 is 2.50 bits per heavy atom. The molecule has 3 aromatic carbocycles. The van der Waals surface area contributed by atoms with Crippen LogP contribution in [-0.2, 0) is 4.79 Å². The quantitative estimate of drug-likeness (QED) is 0.690. The molecule has 116 valence electrons. The van der Waals surface area contributed by atoms with Crippen molar-refractivity contribution in [3.8, 4) is 0 Å². The van der Waals surface area contributed by atoms with Gasteiger partial charge in [0, 0.05) is 5.39 Å². The van der Waals surface area contributed by atoms with Crippen molar-refractivity contribution in [3.63, 3.8) is 0 Å². The van der Waals surface area contributed by atoms with E-state index in [1.807, 2.05) is 66.7 Å². The summed E-state index contributed by atoms with van der Waals surface area (Å²) in [5.41, 5.74) is 1.86. The fourth-order valence-electron chi connectivity index (χ4n) is 2.60. The van der Waals surface area contributed by atoms with Crippen molar-refractivity contribution in [1.82, 2.24) is 5.32 Å². The van der Waals surface area contributed by atoms with Gasteiger partial charge in [0.25, 0.3) is 5.91 Å². The molecule has 4 heteroatoms. The molecule has 4 rings (SSSR count). The maximum atomic E-state index is 12.2. The largest absolute Gasteiger partial charge is 0.300 e. The number of hydrogen-bond acceptors (Lipinski definition) is 3. The van der Waals surface area contributed by atoms with E-state index < -0.39 is 0 Å². The number of carbonyl (C=O) groups is 1. The highest BCUT2D eigenvalue weighted by Gasteiger charge is 2.23. The van der Waals surface area contributed by atoms with Crippen molar-refractivity contribution < 1.29 is 4.79 Å². The average Bonchev–Trinajstić information content (AvgIpc) is 2.95. The first-order valence-electron chi connectivity index (χ1n) is 7.62. The van der Waals surface area contributed by atoms with E-state index in [0.717, 1.165) is 22.0 Å². The Morgan fingerprint density at radius 1 is 0.875 bits per heavy atom. The summed E-state index contributed by atoms with van der Waals surface area (Å²) in [5.74, 6) is -0.108. The van der Waals surface area contributed by atoms with Crippen LogP contribution in [0, 0.1) is 0 Å². The van der Waals surface area contributed by atoms with E-state index in [9.17, 15) is 4.79 Å². The molecule has 1 fully saturated rings. The second kappa shape index (κ2) is 6.34. The second-order valence-electron chi connectivity index (χ2n) is 5.39. The van der Waals surface area contributed by atoms with Crippen molar-refractivity contribution >= 4 is 45.4 Å². The number of amidine groups is 1. The highest BCUT2D eigenvalue weighted by atomic mass is 32.2. The Labute approximate surface area is 144 Å². The SMILES string of the molecule is O=C1NC(=Nc2cccc3ccccc23)S/C1=C\c1ccccc1. The van der Waals surface area contributed by atoms with Gasteiger partial charge < -0.3 is 5.32 Å². The first-order valence-corrected chi connectivity index (χ1v) is 8.44. The number of aliphatic imine (C=N–C) groups is 1. The zero-order valence-corrected chi connectivity index (χ0v) is 13.6. The van der Waals surface area contributed by atoms with E-state index in [0.29, 0.717) is 10.1 Å². The number of rotatable bonds is 2. The maximum absolute atomic E-state index is 12.2. The molecule has 0 unspecified atom stereocenters. The van der Waals surface area contributed by atoms with Gasteiger partial charge >= 0.3 is 0 Å². The normalized spacial score (nSPS) is 17.6. The number of hydrogen-bond donors (Lipinski definition) is 1. The molecular weight excluding hydrogens is 316 g/mol. The van der Waals surface area contributed by atoms with Crippen LogP contribution < -0.4 is 5.32 Å². The molecule has 3 nitrogen and oxygen atoms in total. The highest BCUT2D eigenvalue weighted by molar-refractivity contribution is 8.18. The molecule has 1 N–H and O–H groups in total. The minimum absolute atomic E-state index is 0.108. The van der Waals surface area contributed by atoms with Gasteiger partial charge in [-0.05, 0) is 34.9 Å². The lowest BCUT2D eigenvalue weighted by Gasteiger charge is -2.02. The number of nitrogens with zero attached hydrogens (tertiary/aromatic N) is 1. The molecule has 0 spiro atoms. The zero-order chi connectivity index (χ0) is 16.4. The molecule has 0 aromatic heterocycles. The molecule has 0 radical (unpaired) electrons. The van der Waals surface area contributed by atoms with E-state index in [2.05, 4.69) is 22.4 Å². The van der Waals surface area contributed by atoms with Gasteiger partial charge in [-0.2, -0.15) is 0 Å². The Balaban J connectivity index is 1.67. The topological polar surface area (TPSA) is 41.5 Å². The Hall–Kier alpha value is -2.85. The van der Waals surface area contributed by atoms with Gasteiger partial charge in [0.2, 0.25) is 0 Å². The van der Waals surface area contributed by atoms with Gasteiger partial charge in [0.15, 0.2) is 5.17 Å². The van der Waals surface area contributed by atoms with Crippen molar-refractivity contribution in [3.05, 3.63) is 83.3 Å². The van der Waals surface area contributed by atoms with Gasteiger partial charge in [-0.15, -0.1) is 0 Å². The molecule has 24 heavy (non-hydrogen) atoms. The van der Waals surface area contributed by atoms with E-state index in [4.69, 9.17) is 0 Å². The van der Waals surface area contributed by atoms with Crippen molar-refractivity contribution in [2.45, 2.75) is 0 Å². The van der Waals surface area contributed by atoms with Crippen LogP contribution in [0.2, 0.25) is 0 Å². The van der Waals surface area contributed by atoms with Gasteiger partial charge in [0.05, 0.1) is 10.6 Å². The Kier molecular flexibility index (Phi) is 3.89. The molecule has 1 aliphatic heterocycles. The molecule has 1 amide bonds. The van der Waals surface area contributed by atoms with Crippen LogP contribution in [0.4, 0.5) is 5.69 Å². The summed E-state index contributed by atoms with van der Waals surface area (Å²) in [7, 11) is 0. The summed E-state index contributed by atoms with van der Waals surface area (Å²) < 4.78 is 0. The molecule has 1 heterocycles. The number of carbonyl (C=O) groups excluding carboxylic acids is 1. The minimum Gasteiger partial charge on any atom is -0.300 e. The second-order valence-corrected chi connectivity index (χ2v) is 6.42. The predicted molar refractivity (Wildman–Crippen MR) is 101 cm³/mol. The fourth-order valence-corrected chi connectivity index (χ4v) is 3.43. The lowest BCUT2D eigenvalue weighted by molar-refractivity contribution is -0.115. The van der Waals surface area contributed by atoms with Crippen LogP contribution in [0.5, 0.6) is 0 Å². The van der Waals surface area contributed by atoms with Gasteiger partial charge in [0.1, 0.15) is 0 Å². The molecule has 0 atom stereocenters. The summed E-state index contributed by atoms with van der Waals surface area (Å²) in [6.45, 7) is 0. The lowest BCUT2D eigenvalue weighted by Crippen LogP contribution is -2.19. The third-order valence-electron chi connectivity index (χ3n) is 3.74. The molecule has 1 aliphatic rings. The molecule has 3 aromatic rings. The number of benzene rings is 3. The Morgan fingerprint density at radius 2 is 1.62 bits per heavy atom. The van der Waals surface area contributed by atoms with Crippen molar-refractivity contribution in [2.24, 2.45) is 4.99 Å². The average molecular weight is 330 g/mol. The summed E-state index contributed by atoms with van der Waals surface area (Å²) in [4.78, 5) is 17.5. The third-order valence-corrected chi connectivity index (χ3v) is 4.65. The predicted octanol–water partition coefficient (Wildman–Crippen LogP) is 4.73. The summed E-state index contributed by atoms with van der Waals surface area (Å²) >= 11 is 1.37. The van der Waals surface area contributed by atoms with Crippen LogP contribution >= 0.6 is 11.8 Å². The summed E-state index contributed by atoms with van der Waals surface area (Å²) in [6.07, 6.45) is 1.88. The van der Waals surface area contributed by atoms with Crippen molar-refractivity contribution in [1.29, 1.82) is 0 Å². The van der Waals surface area contributed by atoms with E-state index in [-0.39, 0.29) is 5.91 Å².